The van der Waals surface area contributed by atoms with E-state index in [0.717, 1.165) is 0 Å². The number of carbonyl (C=O) groups is 1. The molecule has 0 bridgehead atoms. The molecule has 0 spiro atoms. The van der Waals surface area contributed by atoms with Crippen LogP contribution in [0.15, 0.2) is 24.3 Å². The smallest absolute Gasteiger partial charge is 0.306 e. The van der Waals surface area contributed by atoms with E-state index < -0.39 is 11.9 Å². The maximum atomic E-state index is 13.3. The molecular formula is C11H13FO2. The summed E-state index contributed by atoms with van der Waals surface area (Å²) in [5, 5.41) is 8.78. The maximum absolute atomic E-state index is 13.3. The van der Waals surface area contributed by atoms with Crippen LogP contribution in [-0.4, -0.2) is 11.1 Å². The molecule has 3 heteroatoms. The van der Waals surface area contributed by atoms with Gasteiger partial charge in [0.2, 0.25) is 0 Å². The standard InChI is InChI=1S/C11H13FO2/c1-7(8(2)11(13)14)9-5-3-4-6-10(9)12/h3-8H,1-2H3,(H,13,14). The van der Waals surface area contributed by atoms with Crippen molar-refractivity contribution in [2.45, 2.75) is 19.8 Å². The number of halogens is 1. The topological polar surface area (TPSA) is 37.3 Å². The van der Waals surface area contributed by atoms with E-state index in [1.165, 1.54) is 6.07 Å². The highest BCUT2D eigenvalue weighted by molar-refractivity contribution is 5.70. The Hall–Kier alpha value is -1.38. The molecular weight excluding hydrogens is 183 g/mol. The minimum atomic E-state index is -0.902. The first kappa shape index (κ1) is 10.7. The van der Waals surface area contributed by atoms with E-state index in [1.54, 1.807) is 32.0 Å². The van der Waals surface area contributed by atoms with Crippen molar-refractivity contribution in [2.24, 2.45) is 5.92 Å². The number of hydrogen-bond acceptors (Lipinski definition) is 1. The van der Waals surface area contributed by atoms with Gasteiger partial charge in [-0.1, -0.05) is 32.0 Å². The normalized spacial score (nSPS) is 14.8. The molecule has 14 heavy (non-hydrogen) atoms. The van der Waals surface area contributed by atoms with Crippen molar-refractivity contribution < 1.29 is 14.3 Å². The third-order valence-electron chi connectivity index (χ3n) is 2.54. The molecule has 0 aromatic heterocycles. The molecule has 0 radical (unpaired) electrons. The Morgan fingerprint density at radius 3 is 2.43 bits per heavy atom. The van der Waals surface area contributed by atoms with Crippen LogP contribution in [0.25, 0.3) is 0 Å². The fraction of sp³-hybridized carbons (Fsp3) is 0.364. The molecule has 0 aliphatic rings. The molecule has 1 rings (SSSR count). The molecule has 0 saturated heterocycles. The lowest BCUT2D eigenvalue weighted by molar-refractivity contribution is -0.141. The van der Waals surface area contributed by atoms with Crippen molar-refractivity contribution in [3.05, 3.63) is 35.6 Å². The molecule has 0 amide bonds. The second kappa shape index (κ2) is 4.22. The van der Waals surface area contributed by atoms with Gasteiger partial charge in [0.25, 0.3) is 0 Å². The fourth-order valence-electron chi connectivity index (χ4n) is 1.33. The molecule has 2 unspecified atom stereocenters. The summed E-state index contributed by atoms with van der Waals surface area (Å²) in [7, 11) is 0. The second-order valence-corrected chi connectivity index (χ2v) is 3.44. The molecule has 1 aromatic rings. The first-order valence-electron chi connectivity index (χ1n) is 4.51. The molecule has 1 aromatic carbocycles. The van der Waals surface area contributed by atoms with E-state index in [-0.39, 0.29) is 11.7 Å². The minimum absolute atomic E-state index is 0.311. The van der Waals surface area contributed by atoms with Gasteiger partial charge in [0, 0.05) is 0 Å². The van der Waals surface area contributed by atoms with Crippen LogP contribution in [0.1, 0.15) is 25.3 Å². The predicted molar refractivity (Wildman–Crippen MR) is 51.6 cm³/mol. The van der Waals surface area contributed by atoms with Crippen LogP contribution in [0.2, 0.25) is 0 Å². The van der Waals surface area contributed by atoms with Crippen LogP contribution in [-0.2, 0) is 4.79 Å². The quantitative estimate of drug-likeness (QED) is 0.806. The summed E-state index contributed by atoms with van der Waals surface area (Å²) in [6.07, 6.45) is 0. The lowest BCUT2D eigenvalue weighted by Gasteiger charge is -2.16. The van der Waals surface area contributed by atoms with Gasteiger partial charge in [-0.2, -0.15) is 0 Å². The van der Waals surface area contributed by atoms with Crippen molar-refractivity contribution >= 4 is 5.97 Å². The van der Waals surface area contributed by atoms with Gasteiger partial charge in [-0.15, -0.1) is 0 Å². The Morgan fingerprint density at radius 1 is 1.36 bits per heavy atom. The van der Waals surface area contributed by atoms with Gasteiger partial charge in [0.1, 0.15) is 5.82 Å². The summed E-state index contributed by atoms with van der Waals surface area (Å²) in [4.78, 5) is 10.7. The van der Waals surface area contributed by atoms with E-state index in [0.29, 0.717) is 5.56 Å². The zero-order valence-electron chi connectivity index (χ0n) is 8.20. The van der Waals surface area contributed by atoms with Crippen molar-refractivity contribution in [3.8, 4) is 0 Å². The number of carboxylic acid groups (broad SMARTS) is 1. The molecule has 0 saturated carbocycles. The monoisotopic (exact) mass is 196 g/mol. The Morgan fingerprint density at radius 2 is 1.93 bits per heavy atom. The van der Waals surface area contributed by atoms with Crippen LogP contribution < -0.4 is 0 Å². The average molecular weight is 196 g/mol. The Kier molecular flexibility index (Phi) is 3.23. The van der Waals surface area contributed by atoms with Crippen LogP contribution in [0, 0.1) is 11.7 Å². The summed E-state index contributed by atoms with van der Waals surface area (Å²) in [5.74, 6) is -2.13. The number of benzene rings is 1. The lowest BCUT2D eigenvalue weighted by Crippen LogP contribution is -2.17. The van der Waals surface area contributed by atoms with Crippen LogP contribution >= 0.6 is 0 Å². The van der Waals surface area contributed by atoms with Gasteiger partial charge in [-0.25, -0.2) is 4.39 Å². The first-order valence-corrected chi connectivity index (χ1v) is 4.51. The van der Waals surface area contributed by atoms with Gasteiger partial charge >= 0.3 is 5.97 Å². The number of carboxylic acids is 1. The van der Waals surface area contributed by atoms with Gasteiger partial charge in [-0.3, -0.25) is 4.79 Å². The lowest BCUT2D eigenvalue weighted by atomic mass is 9.89. The highest BCUT2D eigenvalue weighted by atomic mass is 19.1. The van der Waals surface area contributed by atoms with Crippen LogP contribution in [0.3, 0.4) is 0 Å². The number of rotatable bonds is 3. The van der Waals surface area contributed by atoms with Crippen LogP contribution in [0.5, 0.6) is 0 Å². The van der Waals surface area contributed by atoms with Gasteiger partial charge in [0.05, 0.1) is 5.92 Å². The van der Waals surface area contributed by atoms with Gasteiger partial charge in [0.15, 0.2) is 0 Å². The van der Waals surface area contributed by atoms with Crippen molar-refractivity contribution in [2.75, 3.05) is 0 Å². The van der Waals surface area contributed by atoms with Crippen molar-refractivity contribution in [1.82, 2.24) is 0 Å². The molecule has 1 N–H and O–H groups in total. The molecule has 2 atom stereocenters. The molecule has 76 valence electrons. The summed E-state index contributed by atoms with van der Waals surface area (Å²) in [5.41, 5.74) is 0.461. The number of aliphatic carboxylic acids is 1. The highest BCUT2D eigenvalue weighted by Gasteiger charge is 2.22. The maximum Gasteiger partial charge on any atom is 0.306 e. The fourth-order valence-corrected chi connectivity index (χ4v) is 1.33. The largest absolute Gasteiger partial charge is 0.481 e. The zero-order valence-corrected chi connectivity index (χ0v) is 8.20. The average Bonchev–Trinajstić information content (AvgIpc) is 2.16. The summed E-state index contributed by atoms with van der Waals surface area (Å²) < 4.78 is 13.3. The predicted octanol–water partition coefficient (Wildman–Crippen LogP) is 2.65. The SMILES string of the molecule is CC(C(=O)O)C(C)c1ccccc1F. The third-order valence-corrected chi connectivity index (χ3v) is 2.54. The van der Waals surface area contributed by atoms with Gasteiger partial charge < -0.3 is 5.11 Å². The highest BCUT2D eigenvalue weighted by Crippen LogP contribution is 2.26. The summed E-state index contributed by atoms with van der Waals surface area (Å²) in [6.45, 7) is 3.30. The van der Waals surface area contributed by atoms with E-state index in [4.69, 9.17) is 5.11 Å². The molecule has 0 fully saturated rings. The van der Waals surface area contributed by atoms with E-state index in [2.05, 4.69) is 0 Å². The molecule has 0 aliphatic heterocycles. The van der Waals surface area contributed by atoms with E-state index in [1.807, 2.05) is 0 Å². The summed E-state index contributed by atoms with van der Waals surface area (Å²) in [6, 6.07) is 6.28. The second-order valence-electron chi connectivity index (χ2n) is 3.44. The zero-order chi connectivity index (χ0) is 10.7. The molecule has 0 heterocycles. The first-order chi connectivity index (χ1) is 6.54. The molecule has 2 nitrogen and oxygen atoms in total. The number of hydrogen-bond donors (Lipinski definition) is 1. The Balaban J connectivity index is 2.94. The Labute approximate surface area is 82.4 Å². The van der Waals surface area contributed by atoms with Crippen LogP contribution in [0.4, 0.5) is 4.39 Å². The van der Waals surface area contributed by atoms with E-state index in [9.17, 15) is 9.18 Å². The summed E-state index contributed by atoms with van der Waals surface area (Å²) >= 11 is 0. The van der Waals surface area contributed by atoms with E-state index >= 15 is 0 Å². The Bertz CT molecular complexity index is 336. The molecule has 0 aliphatic carbocycles. The minimum Gasteiger partial charge on any atom is -0.481 e. The van der Waals surface area contributed by atoms with Gasteiger partial charge in [-0.05, 0) is 17.5 Å². The third kappa shape index (κ3) is 2.10. The van der Waals surface area contributed by atoms with Crippen molar-refractivity contribution in [3.63, 3.8) is 0 Å². The van der Waals surface area contributed by atoms with Crippen molar-refractivity contribution in [1.29, 1.82) is 0 Å².